The topological polar surface area (TPSA) is 90.6 Å². The van der Waals surface area contributed by atoms with Gasteiger partial charge in [-0.3, -0.25) is 14.5 Å². The first-order valence-corrected chi connectivity index (χ1v) is 7.68. The number of aliphatic hydroxyl groups excluding tert-OH is 1. The molecule has 1 heterocycles. The molecular formula is C19H16N2O4. The second-order valence-corrected chi connectivity index (χ2v) is 5.79. The van der Waals surface area contributed by atoms with E-state index in [2.05, 4.69) is 0 Å². The van der Waals surface area contributed by atoms with Gasteiger partial charge in [-0.2, -0.15) is 5.26 Å². The molecule has 0 saturated carbocycles. The van der Waals surface area contributed by atoms with Gasteiger partial charge in [0.2, 0.25) is 0 Å². The molecule has 0 aliphatic carbocycles. The number of fused-ring (bicyclic) bond motifs is 1. The molecule has 0 bridgehead atoms. The summed E-state index contributed by atoms with van der Waals surface area (Å²) < 4.78 is 5.12. The van der Waals surface area contributed by atoms with Crippen LogP contribution in [-0.2, 0) is 4.79 Å². The first-order valence-electron chi connectivity index (χ1n) is 7.68. The minimum Gasteiger partial charge on any atom is -0.497 e. The number of anilines is 1. The number of hydrogen-bond donors (Lipinski definition) is 1. The molecular weight excluding hydrogens is 320 g/mol. The highest BCUT2D eigenvalue weighted by atomic mass is 16.5. The average Bonchev–Trinajstić information content (AvgIpc) is 2.92. The van der Waals surface area contributed by atoms with E-state index in [1.807, 2.05) is 6.07 Å². The van der Waals surface area contributed by atoms with Crippen LogP contribution in [0, 0.1) is 11.3 Å². The van der Waals surface area contributed by atoms with Gasteiger partial charge >= 0.3 is 0 Å². The van der Waals surface area contributed by atoms with E-state index in [4.69, 9.17) is 10.00 Å². The van der Waals surface area contributed by atoms with Crippen molar-refractivity contribution in [3.8, 4) is 11.8 Å². The second kappa shape index (κ2) is 6.38. The lowest BCUT2D eigenvalue weighted by atomic mass is 9.96. The molecule has 0 fully saturated rings. The maximum atomic E-state index is 12.9. The van der Waals surface area contributed by atoms with Crippen molar-refractivity contribution in [1.29, 1.82) is 5.26 Å². The Bertz CT molecular complexity index is 883. The molecule has 25 heavy (non-hydrogen) atoms. The Kier molecular flexibility index (Phi) is 4.26. The third-order valence-corrected chi connectivity index (χ3v) is 4.29. The Morgan fingerprint density at radius 2 is 1.96 bits per heavy atom. The van der Waals surface area contributed by atoms with Crippen LogP contribution in [0.1, 0.15) is 34.5 Å². The minimum atomic E-state index is -1.39. The van der Waals surface area contributed by atoms with Crippen LogP contribution in [0.5, 0.6) is 5.75 Å². The molecule has 3 rings (SSSR count). The van der Waals surface area contributed by atoms with Crippen LogP contribution in [0.3, 0.4) is 0 Å². The van der Waals surface area contributed by atoms with Crippen LogP contribution in [-0.4, -0.2) is 30.0 Å². The number of hydrogen-bond acceptors (Lipinski definition) is 5. The van der Waals surface area contributed by atoms with Crippen LogP contribution < -0.4 is 9.64 Å². The maximum Gasteiger partial charge on any atom is 0.259 e. The van der Waals surface area contributed by atoms with Gasteiger partial charge < -0.3 is 9.84 Å². The normalized spacial score (nSPS) is 17.0. The van der Waals surface area contributed by atoms with Crippen LogP contribution >= 0.6 is 0 Å². The predicted octanol–water partition coefficient (Wildman–Crippen LogP) is 2.22. The smallest absolute Gasteiger partial charge is 0.259 e. The fraction of sp³-hybridized carbons (Fsp3) is 0.211. The SMILES string of the molecule is COc1ccc(N2C(=O)c3ccc(C#N)cc3[C@@H]2[C@H](O)C(C)=O)cc1. The van der Waals surface area contributed by atoms with Crippen LogP contribution in [0.4, 0.5) is 5.69 Å². The number of nitrogens with zero attached hydrogens (tertiary/aromatic N) is 2. The molecule has 126 valence electrons. The van der Waals surface area contributed by atoms with Crippen molar-refractivity contribution in [2.75, 3.05) is 12.0 Å². The van der Waals surface area contributed by atoms with Gasteiger partial charge in [-0.25, -0.2) is 0 Å². The molecule has 0 radical (unpaired) electrons. The van der Waals surface area contributed by atoms with Crippen molar-refractivity contribution in [1.82, 2.24) is 0 Å². The summed E-state index contributed by atoms with van der Waals surface area (Å²) >= 11 is 0. The van der Waals surface area contributed by atoms with Gasteiger partial charge in [-0.15, -0.1) is 0 Å². The molecule has 1 amide bonds. The predicted molar refractivity (Wildman–Crippen MR) is 90.4 cm³/mol. The quantitative estimate of drug-likeness (QED) is 0.924. The highest BCUT2D eigenvalue weighted by molar-refractivity contribution is 6.12. The summed E-state index contributed by atoms with van der Waals surface area (Å²) in [7, 11) is 1.54. The van der Waals surface area contributed by atoms with Gasteiger partial charge in [-0.1, -0.05) is 0 Å². The number of nitriles is 1. The van der Waals surface area contributed by atoms with E-state index in [1.165, 1.54) is 18.9 Å². The number of aliphatic hydroxyl groups is 1. The zero-order valence-corrected chi connectivity index (χ0v) is 13.8. The van der Waals surface area contributed by atoms with Gasteiger partial charge in [-0.05, 0) is 55.0 Å². The first-order chi connectivity index (χ1) is 12.0. The third kappa shape index (κ3) is 2.75. The van der Waals surface area contributed by atoms with Gasteiger partial charge in [0.1, 0.15) is 11.9 Å². The lowest BCUT2D eigenvalue weighted by Gasteiger charge is -2.28. The van der Waals surface area contributed by atoms with E-state index in [9.17, 15) is 14.7 Å². The Hall–Kier alpha value is -3.17. The number of Topliss-reactive ketones (excluding diaryl/α,β-unsaturated/α-hetero) is 1. The lowest BCUT2D eigenvalue weighted by Crippen LogP contribution is -2.38. The summed E-state index contributed by atoms with van der Waals surface area (Å²) in [6, 6.07) is 12.6. The second-order valence-electron chi connectivity index (χ2n) is 5.79. The summed E-state index contributed by atoms with van der Waals surface area (Å²) in [5, 5.41) is 19.6. The van der Waals surface area contributed by atoms with E-state index in [-0.39, 0.29) is 5.91 Å². The van der Waals surface area contributed by atoms with E-state index < -0.39 is 17.9 Å². The lowest BCUT2D eigenvalue weighted by molar-refractivity contribution is -0.125. The van der Waals surface area contributed by atoms with Gasteiger partial charge in [0.15, 0.2) is 5.78 Å². The van der Waals surface area contributed by atoms with Crippen LogP contribution in [0.2, 0.25) is 0 Å². The number of ether oxygens (including phenoxy) is 1. The largest absolute Gasteiger partial charge is 0.497 e. The number of benzene rings is 2. The molecule has 2 aromatic carbocycles. The van der Waals surface area contributed by atoms with Crippen LogP contribution in [0.25, 0.3) is 0 Å². The fourth-order valence-electron chi connectivity index (χ4n) is 3.02. The van der Waals surface area contributed by atoms with E-state index in [0.717, 1.165) is 0 Å². The Labute approximate surface area is 144 Å². The van der Waals surface area contributed by atoms with Crippen molar-refractivity contribution in [3.63, 3.8) is 0 Å². The first kappa shape index (κ1) is 16.7. The van der Waals surface area contributed by atoms with E-state index in [1.54, 1.807) is 42.5 Å². The maximum absolute atomic E-state index is 12.9. The van der Waals surface area contributed by atoms with Crippen molar-refractivity contribution in [3.05, 3.63) is 59.2 Å². The molecule has 0 spiro atoms. The molecule has 6 nitrogen and oxygen atoms in total. The van der Waals surface area contributed by atoms with Gasteiger partial charge in [0.05, 0.1) is 24.8 Å². The summed E-state index contributed by atoms with van der Waals surface area (Å²) in [6.45, 7) is 1.27. The van der Waals surface area contributed by atoms with Gasteiger partial charge in [0, 0.05) is 11.3 Å². The average molecular weight is 336 g/mol. The number of ketones is 1. The van der Waals surface area contributed by atoms with Crippen molar-refractivity contribution in [2.24, 2.45) is 0 Å². The van der Waals surface area contributed by atoms with Crippen molar-refractivity contribution in [2.45, 2.75) is 19.1 Å². The zero-order valence-electron chi connectivity index (χ0n) is 13.8. The molecule has 1 aliphatic rings. The number of carbonyl (C=O) groups excluding carboxylic acids is 2. The molecule has 1 N–H and O–H groups in total. The highest BCUT2D eigenvalue weighted by Gasteiger charge is 2.43. The Morgan fingerprint density at radius 3 is 2.52 bits per heavy atom. The van der Waals surface area contributed by atoms with Crippen molar-refractivity contribution >= 4 is 17.4 Å². The van der Waals surface area contributed by atoms with Crippen LogP contribution in [0.15, 0.2) is 42.5 Å². The Balaban J connectivity index is 2.14. The monoisotopic (exact) mass is 336 g/mol. The van der Waals surface area contributed by atoms with Gasteiger partial charge in [0.25, 0.3) is 5.91 Å². The zero-order chi connectivity index (χ0) is 18.1. The molecule has 6 heteroatoms. The molecule has 1 aliphatic heterocycles. The molecule has 2 atom stereocenters. The molecule has 0 unspecified atom stereocenters. The highest BCUT2D eigenvalue weighted by Crippen LogP contribution is 2.40. The molecule has 0 aromatic heterocycles. The summed E-state index contributed by atoms with van der Waals surface area (Å²) in [5.74, 6) is -0.148. The summed E-state index contributed by atoms with van der Waals surface area (Å²) in [6.07, 6.45) is -1.39. The van der Waals surface area contributed by atoms with E-state index >= 15 is 0 Å². The number of amides is 1. The number of methoxy groups -OCH3 is 1. The Morgan fingerprint density at radius 1 is 1.28 bits per heavy atom. The minimum absolute atomic E-state index is 0.324. The van der Waals surface area contributed by atoms with E-state index in [0.29, 0.717) is 28.1 Å². The number of rotatable bonds is 4. The van der Waals surface area contributed by atoms with Crippen molar-refractivity contribution < 1.29 is 19.4 Å². The number of carbonyl (C=O) groups is 2. The standard InChI is InChI=1S/C19H16N2O4/c1-11(22)18(23)17-16-9-12(10-20)3-8-15(16)19(24)21(17)13-4-6-14(25-2)7-5-13/h3-9,17-18,23H,1-2H3/t17-,18-/m1/s1. The third-order valence-electron chi connectivity index (χ3n) is 4.29. The molecule has 0 saturated heterocycles. The summed E-state index contributed by atoms with van der Waals surface area (Å²) in [4.78, 5) is 26.1. The molecule has 2 aromatic rings. The fourth-order valence-corrected chi connectivity index (χ4v) is 3.02. The summed E-state index contributed by atoms with van der Waals surface area (Å²) in [5.41, 5.74) is 1.75.